The summed E-state index contributed by atoms with van der Waals surface area (Å²) in [5, 5.41) is 12.4. The molecule has 0 unspecified atom stereocenters. The molecule has 0 aliphatic carbocycles. The van der Waals surface area contributed by atoms with Crippen LogP contribution in [0.25, 0.3) is 0 Å². The topological polar surface area (TPSA) is 82.4 Å². The van der Waals surface area contributed by atoms with Crippen LogP contribution in [0.15, 0.2) is 18.2 Å². The minimum atomic E-state index is -0.898. The van der Waals surface area contributed by atoms with Crippen LogP contribution in [0.5, 0.6) is 0 Å². The molecule has 6 nitrogen and oxygen atoms in total. The summed E-state index contributed by atoms with van der Waals surface area (Å²) < 4.78 is 20.4. The van der Waals surface area contributed by atoms with Crippen LogP contribution < -0.4 is 5.32 Å². The van der Waals surface area contributed by atoms with Crippen molar-refractivity contribution in [3.8, 4) is 6.07 Å². The molecule has 2 heterocycles. The Morgan fingerprint density at radius 1 is 1.33 bits per heavy atom. The molecule has 3 atom stereocenters. The maximum absolute atomic E-state index is 15.1. The highest BCUT2D eigenvalue weighted by atomic mass is 19.1. The predicted molar refractivity (Wildman–Crippen MR) is 110 cm³/mol. The number of nitriles is 1. The van der Waals surface area contributed by atoms with E-state index in [0.717, 1.165) is 5.56 Å². The molecule has 2 saturated heterocycles. The van der Waals surface area contributed by atoms with E-state index in [4.69, 9.17) is 4.74 Å². The Morgan fingerprint density at radius 2 is 2.00 bits per heavy atom. The Morgan fingerprint density at radius 3 is 2.57 bits per heavy atom. The highest BCUT2D eigenvalue weighted by Gasteiger charge is 2.62. The standard InChI is InChI=1S/C23H30FN3O3/c1-14-8-7-9-15(24)18(14)23-11-10-17(22(5,6)13-25)27(23)19(28)16(12-23)26-20(29)30-21(2,3)4/h7-9,16-17H,10-12H2,1-6H3,(H,26,29)/t16-,17+,23+/m0/s1. The van der Waals surface area contributed by atoms with Crippen molar-refractivity contribution in [1.82, 2.24) is 10.2 Å². The smallest absolute Gasteiger partial charge is 0.408 e. The van der Waals surface area contributed by atoms with Crippen LogP contribution in [0.2, 0.25) is 0 Å². The number of hydrogen-bond acceptors (Lipinski definition) is 4. The van der Waals surface area contributed by atoms with Gasteiger partial charge in [-0.1, -0.05) is 12.1 Å². The first-order valence-electron chi connectivity index (χ1n) is 10.3. The first-order valence-corrected chi connectivity index (χ1v) is 10.3. The summed E-state index contributed by atoms with van der Waals surface area (Å²) >= 11 is 0. The van der Waals surface area contributed by atoms with Crippen molar-refractivity contribution in [2.75, 3.05) is 0 Å². The summed E-state index contributed by atoms with van der Waals surface area (Å²) in [6.45, 7) is 10.7. The molecule has 0 aromatic heterocycles. The van der Waals surface area contributed by atoms with Crippen molar-refractivity contribution in [3.63, 3.8) is 0 Å². The fourth-order valence-corrected chi connectivity index (χ4v) is 4.97. The first-order chi connectivity index (χ1) is 13.8. The molecule has 0 spiro atoms. The molecule has 7 heteroatoms. The Labute approximate surface area is 177 Å². The number of ether oxygens (including phenoxy) is 1. The monoisotopic (exact) mass is 415 g/mol. The average molecular weight is 416 g/mol. The van der Waals surface area contributed by atoms with Gasteiger partial charge in [-0.3, -0.25) is 4.79 Å². The molecule has 0 radical (unpaired) electrons. The number of alkyl carbamates (subject to hydrolysis) is 1. The lowest BCUT2D eigenvalue weighted by atomic mass is 9.82. The zero-order valence-electron chi connectivity index (χ0n) is 18.5. The van der Waals surface area contributed by atoms with E-state index in [9.17, 15) is 14.9 Å². The van der Waals surface area contributed by atoms with Gasteiger partial charge in [0.25, 0.3) is 0 Å². The normalized spacial score (nSPS) is 26.3. The molecule has 2 fully saturated rings. The van der Waals surface area contributed by atoms with Gasteiger partial charge in [-0.25, -0.2) is 9.18 Å². The molecule has 0 saturated carbocycles. The molecule has 2 amide bonds. The lowest BCUT2D eigenvalue weighted by molar-refractivity contribution is -0.135. The van der Waals surface area contributed by atoms with Crippen LogP contribution in [0.4, 0.5) is 9.18 Å². The fraction of sp³-hybridized carbons (Fsp3) is 0.609. The van der Waals surface area contributed by atoms with Gasteiger partial charge >= 0.3 is 6.09 Å². The second-order valence-electron chi connectivity index (χ2n) is 9.96. The maximum Gasteiger partial charge on any atom is 0.408 e. The number of nitrogens with one attached hydrogen (secondary N) is 1. The summed E-state index contributed by atoms with van der Waals surface area (Å²) in [5.41, 5.74) is -1.18. The van der Waals surface area contributed by atoms with E-state index in [1.54, 1.807) is 45.6 Å². The minimum absolute atomic E-state index is 0.241. The number of amides is 2. The van der Waals surface area contributed by atoms with Crippen molar-refractivity contribution >= 4 is 12.0 Å². The lowest BCUT2D eigenvalue weighted by Crippen LogP contribution is -2.50. The van der Waals surface area contributed by atoms with Crippen LogP contribution in [0.1, 0.15) is 65.0 Å². The molecule has 2 aliphatic rings. The Hall–Kier alpha value is -2.62. The van der Waals surface area contributed by atoms with Crippen LogP contribution in [-0.2, 0) is 15.1 Å². The molecule has 1 N–H and O–H groups in total. The van der Waals surface area contributed by atoms with Crippen LogP contribution in [0, 0.1) is 29.5 Å². The van der Waals surface area contributed by atoms with Crippen LogP contribution in [0.3, 0.4) is 0 Å². The van der Waals surface area contributed by atoms with Gasteiger partial charge in [0.05, 0.1) is 23.1 Å². The van der Waals surface area contributed by atoms with Crippen molar-refractivity contribution in [2.45, 2.75) is 84.0 Å². The lowest BCUT2D eigenvalue weighted by Gasteiger charge is -2.40. The van der Waals surface area contributed by atoms with Gasteiger partial charge in [0.1, 0.15) is 17.5 Å². The average Bonchev–Trinajstić information content (AvgIpc) is 3.10. The summed E-state index contributed by atoms with van der Waals surface area (Å²) in [4.78, 5) is 27.5. The van der Waals surface area contributed by atoms with Gasteiger partial charge in [-0.15, -0.1) is 0 Å². The number of fused-ring (bicyclic) bond motifs is 1. The first kappa shape index (κ1) is 22.1. The van der Waals surface area contributed by atoms with Gasteiger partial charge < -0.3 is 15.0 Å². The third-order valence-corrected chi connectivity index (χ3v) is 6.18. The van der Waals surface area contributed by atoms with E-state index in [-0.39, 0.29) is 24.2 Å². The van der Waals surface area contributed by atoms with Crippen molar-refractivity contribution in [1.29, 1.82) is 5.26 Å². The van der Waals surface area contributed by atoms with Crippen molar-refractivity contribution in [3.05, 3.63) is 35.1 Å². The summed E-state index contributed by atoms with van der Waals surface area (Å²) in [5.74, 6) is -0.671. The highest BCUT2D eigenvalue weighted by Crippen LogP contribution is 2.54. The Bertz CT molecular complexity index is 895. The van der Waals surface area contributed by atoms with Gasteiger partial charge in [0, 0.05) is 12.0 Å². The van der Waals surface area contributed by atoms with Crippen LogP contribution in [-0.4, -0.2) is 34.6 Å². The summed E-state index contributed by atoms with van der Waals surface area (Å²) in [6, 6.07) is 5.96. The largest absolute Gasteiger partial charge is 0.444 e. The molecule has 1 aromatic rings. The second-order valence-corrected chi connectivity index (χ2v) is 9.96. The van der Waals surface area contributed by atoms with Gasteiger partial charge in [-0.05, 0) is 66.0 Å². The quantitative estimate of drug-likeness (QED) is 0.803. The molecule has 2 aliphatic heterocycles. The molecule has 1 aromatic carbocycles. The second kappa shape index (κ2) is 7.26. The number of nitrogens with zero attached hydrogens (tertiary/aromatic N) is 2. The number of aryl methyl sites for hydroxylation is 1. The van der Waals surface area contributed by atoms with Crippen molar-refractivity contribution in [2.24, 2.45) is 5.41 Å². The van der Waals surface area contributed by atoms with E-state index >= 15 is 4.39 Å². The Kier molecular flexibility index (Phi) is 5.34. The molecule has 162 valence electrons. The third kappa shape index (κ3) is 3.64. The van der Waals surface area contributed by atoms with E-state index in [2.05, 4.69) is 11.4 Å². The Balaban J connectivity index is 2.05. The van der Waals surface area contributed by atoms with Crippen molar-refractivity contribution < 1.29 is 18.7 Å². The number of hydrogen-bond donors (Lipinski definition) is 1. The zero-order valence-corrected chi connectivity index (χ0v) is 18.5. The number of carbonyl (C=O) groups excluding carboxylic acids is 2. The van der Waals surface area contributed by atoms with Gasteiger partial charge in [-0.2, -0.15) is 5.26 Å². The number of benzene rings is 1. The highest BCUT2D eigenvalue weighted by molar-refractivity contribution is 5.90. The number of carbonyl (C=O) groups is 2. The van der Waals surface area contributed by atoms with Gasteiger partial charge in [0.2, 0.25) is 5.91 Å². The van der Waals surface area contributed by atoms with E-state index in [0.29, 0.717) is 18.4 Å². The maximum atomic E-state index is 15.1. The minimum Gasteiger partial charge on any atom is -0.444 e. The fourth-order valence-electron chi connectivity index (χ4n) is 4.97. The third-order valence-electron chi connectivity index (χ3n) is 6.18. The van der Waals surface area contributed by atoms with Crippen LogP contribution >= 0.6 is 0 Å². The summed E-state index contributed by atoms with van der Waals surface area (Å²) in [7, 11) is 0. The number of halogens is 1. The van der Waals surface area contributed by atoms with E-state index in [1.807, 2.05) is 13.0 Å². The molecular weight excluding hydrogens is 385 g/mol. The SMILES string of the molecule is Cc1cccc(F)c1[C@]12CC[C@H](C(C)(C)C#N)N1C(=O)[C@@H](NC(=O)OC(C)(C)C)C2. The van der Waals surface area contributed by atoms with E-state index in [1.165, 1.54) is 6.07 Å². The predicted octanol–water partition coefficient (Wildman–Crippen LogP) is 4.17. The molecule has 3 rings (SSSR count). The van der Waals surface area contributed by atoms with E-state index < -0.39 is 28.7 Å². The molecule has 0 bridgehead atoms. The number of rotatable bonds is 3. The molecule has 30 heavy (non-hydrogen) atoms. The zero-order chi connectivity index (χ0) is 22.5. The van der Waals surface area contributed by atoms with Gasteiger partial charge in [0.15, 0.2) is 0 Å². The summed E-state index contributed by atoms with van der Waals surface area (Å²) in [6.07, 6.45) is 0.686. The molecular formula is C23H30FN3O3.